The van der Waals surface area contributed by atoms with Crippen LogP contribution in [0.4, 0.5) is 0 Å². The number of amides is 6. The van der Waals surface area contributed by atoms with E-state index in [1.165, 1.54) is 34.9 Å². The molecule has 0 aromatic rings. The van der Waals surface area contributed by atoms with E-state index in [1.54, 1.807) is 11.8 Å². The fraction of sp³-hybridized carbons (Fsp3) is 0.891. The largest absolute Gasteiger partial charge is 0.391 e. The molecule has 6 amide bonds. The molecule has 0 aromatic carbocycles. The standard InChI is InChI=1S/C55H95N11O9S3/c1-35-49(77-34-59-35)37-16-14-36(15-17-37)29-57-52(72)44-28-42(67)32-66(44)53(73)50(55(2,3)4)61-46(68)12-7-6-8-13-48(70)64-24-22-63(23-25-64)45-27-39(18-20-56-45)38-10-9-11-40(26-38)43-33-76-54(60-43)62-47(69)30-58-51(71)41-19-21-65(31-41)78(5,74)75/h35-45,49-50,54,56,59-60,67H,6-34H2,1-5H3,(H,57,72)(H,58,71)(H,61,68)(H,62,69)/t35?,36?,37?,38?,39?,40?,41?,42-,43?,44+,45?,49?,50-,54?/m1/s1. The van der Waals surface area contributed by atoms with Crippen LogP contribution in [-0.4, -0.2) is 198 Å². The minimum absolute atomic E-state index is 0.0542. The van der Waals surface area contributed by atoms with Gasteiger partial charge in [-0.15, -0.1) is 23.5 Å². The normalized spacial score (nSPS) is 33.8. The van der Waals surface area contributed by atoms with Crippen molar-refractivity contribution in [3.05, 3.63) is 0 Å². The van der Waals surface area contributed by atoms with Crippen molar-refractivity contribution in [3.63, 3.8) is 0 Å². The molecule has 78 heavy (non-hydrogen) atoms. The summed E-state index contributed by atoms with van der Waals surface area (Å²) in [6.07, 6.45) is 15.4. The Kier molecular flexibility index (Phi) is 22.0. The van der Waals surface area contributed by atoms with Crippen LogP contribution in [0.25, 0.3) is 0 Å². The van der Waals surface area contributed by atoms with Gasteiger partial charge in [-0.2, -0.15) is 0 Å². The Hall–Kier alpha value is -2.77. The number of likely N-dealkylation sites (tertiary alicyclic amines) is 1. The van der Waals surface area contributed by atoms with Crippen LogP contribution < -0.4 is 37.2 Å². The van der Waals surface area contributed by atoms with E-state index in [-0.39, 0.29) is 73.4 Å². The molecule has 9 unspecified atom stereocenters. The SMILES string of the molecule is CC1NCSC1C1CCC(CNC(=O)[C@@H]2C[C@@H](O)CN2C(=O)[C@@H](NC(=O)CCCCCC(=O)N2CCN(C3CC(C4CCCC(C5CSC(NC(=O)CNC(=O)C6CCN(S(C)(=O)=O)C6)N5)C4)CCN3)CC2)C(C)(C)C)CC1. The number of rotatable bonds is 20. The van der Waals surface area contributed by atoms with Crippen LogP contribution in [0.1, 0.15) is 137 Å². The number of hydrogen-bond donors (Lipinski definition) is 8. The lowest BCUT2D eigenvalue weighted by Crippen LogP contribution is -2.58. The zero-order valence-electron chi connectivity index (χ0n) is 47.3. The Bertz CT molecular complexity index is 2180. The zero-order chi connectivity index (χ0) is 55.7. The van der Waals surface area contributed by atoms with Gasteiger partial charge < -0.3 is 46.8 Å². The molecule has 8 fully saturated rings. The number of nitrogens with zero attached hydrogens (tertiary/aromatic N) is 4. The van der Waals surface area contributed by atoms with Crippen molar-refractivity contribution in [3.8, 4) is 0 Å². The topological polar surface area (TPSA) is 254 Å². The van der Waals surface area contributed by atoms with E-state index < -0.39 is 39.5 Å². The molecule has 2 aliphatic carbocycles. The average molecular weight is 1150 g/mol. The lowest BCUT2D eigenvalue weighted by atomic mass is 9.70. The minimum Gasteiger partial charge on any atom is -0.391 e. The Morgan fingerprint density at radius 2 is 1.49 bits per heavy atom. The van der Waals surface area contributed by atoms with Gasteiger partial charge in [0.15, 0.2) is 0 Å². The van der Waals surface area contributed by atoms with Gasteiger partial charge in [0.2, 0.25) is 45.5 Å². The molecule has 20 nitrogen and oxygen atoms in total. The fourth-order valence-corrected chi connectivity index (χ4v) is 17.6. The third kappa shape index (κ3) is 16.7. The van der Waals surface area contributed by atoms with E-state index in [9.17, 15) is 42.3 Å². The van der Waals surface area contributed by atoms with E-state index in [4.69, 9.17) is 0 Å². The summed E-state index contributed by atoms with van der Waals surface area (Å²) in [5, 5.41) is 34.2. The first-order chi connectivity index (χ1) is 37.2. The van der Waals surface area contributed by atoms with Crippen LogP contribution >= 0.6 is 23.5 Å². The van der Waals surface area contributed by atoms with E-state index in [0.29, 0.717) is 111 Å². The van der Waals surface area contributed by atoms with E-state index in [2.05, 4.69) is 49.0 Å². The van der Waals surface area contributed by atoms with Crippen molar-refractivity contribution in [2.24, 2.45) is 40.9 Å². The quantitative estimate of drug-likeness (QED) is 0.0814. The van der Waals surface area contributed by atoms with Gasteiger partial charge >= 0.3 is 0 Å². The molecule has 0 spiro atoms. The van der Waals surface area contributed by atoms with Crippen molar-refractivity contribution in [2.45, 2.75) is 184 Å². The summed E-state index contributed by atoms with van der Waals surface area (Å²) in [4.78, 5) is 86.0. The van der Waals surface area contributed by atoms with Gasteiger partial charge in [-0.05, 0) is 119 Å². The van der Waals surface area contributed by atoms with Gasteiger partial charge in [-0.3, -0.25) is 39.0 Å². The number of aliphatic hydroxyl groups is 1. The highest BCUT2D eigenvalue weighted by molar-refractivity contribution is 8.00. The number of carbonyl (C=O) groups is 6. The van der Waals surface area contributed by atoms with Crippen LogP contribution in [-0.2, 0) is 38.8 Å². The minimum atomic E-state index is -3.34. The number of piperidine rings is 1. The molecule has 442 valence electrons. The molecular formula is C55H95N11O9S3. The van der Waals surface area contributed by atoms with Crippen LogP contribution in [0.15, 0.2) is 0 Å². The number of piperazine rings is 1. The number of nitrogens with one attached hydrogen (secondary N) is 7. The predicted molar refractivity (Wildman–Crippen MR) is 305 cm³/mol. The van der Waals surface area contributed by atoms with Gasteiger partial charge in [0.1, 0.15) is 17.6 Å². The molecule has 0 bridgehead atoms. The van der Waals surface area contributed by atoms with Gasteiger partial charge in [0.05, 0.1) is 31.0 Å². The van der Waals surface area contributed by atoms with E-state index in [1.807, 2.05) is 37.4 Å². The number of β-amino-alcohol motifs (C(OH)–C–C–N with tert-alkyl or cyclic N) is 1. The molecule has 8 aliphatic rings. The number of hydrogen-bond acceptors (Lipinski definition) is 15. The number of thioether (sulfide) groups is 2. The van der Waals surface area contributed by atoms with Crippen LogP contribution in [0.2, 0.25) is 0 Å². The molecule has 12 atom stereocenters. The second-order valence-corrected chi connectivity index (χ2v) is 29.6. The predicted octanol–water partition coefficient (Wildman–Crippen LogP) is 2.18. The Balaban J connectivity index is 0.687. The summed E-state index contributed by atoms with van der Waals surface area (Å²) in [7, 11) is -3.34. The summed E-state index contributed by atoms with van der Waals surface area (Å²) >= 11 is 3.72. The fourth-order valence-electron chi connectivity index (χ4n) is 14.0. The summed E-state index contributed by atoms with van der Waals surface area (Å²) in [5.41, 5.74) is -0.844. The molecule has 2 saturated carbocycles. The molecule has 0 aromatic heterocycles. The summed E-state index contributed by atoms with van der Waals surface area (Å²) < 4.78 is 25.0. The summed E-state index contributed by atoms with van der Waals surface area (Å²) in [5.74, 6) is 3.19. The molecule has 8 N–H and O–H groups in total. The number of unbranched alkanes of at least 4 members (excludes halogenated alkanes) is 2. The highest BCUT2D eigenvalue weighted by Crippen LogP contribution is 2.42. The molecule has 6 heterocycles. The first-order valence-electron chi connectivity index (χ1n) is 29.8. The lowest BCUT2D eigenvalue weighted by molar-refractivity contribution is -0.144. The monoisotopic (exact) mass is 1150 g/mol. The van der Waals surface area contributed by atoms with Crippen molar-refractivity contribution in [1.29, 1.82) is 0 Å². The maximum Gasteiger partial charge on any atom is 0.246 e. The molecule has 6 aliphatic heterocycles. The molecular weight excluding hydrogens is 1050 g/mol. The number of carbonyl (C=O) groups excluding carboxylic acids is 6. The smallest absolute Gasteiger partial charge is 0.246 e. The van der Waals surface area contributed by atoms with Crippen LogP contribution in [0, 0.1) is 40.9 Å². The highest BCUT2D eigenvalue weighted by atomic mass is 32.2. The van der Waals surface area contributed by atoms with Crippen molar-refractivity contribution in [2.75, 3.05) is 83.3 Å². The van der Waals surface area contributed by atoms with Crippen molar-refractivity contribution < 1.29 is 42.3 Å². The van der Waals surface area contributed by atoms with Crippen LogP contribution in [0.5, 0.6) is 0 Å². The maximum atomic E-state index is 14.2. The molecule has 8 rings (SSSR count). The van der Waals surface area contributed by atoms with Gasteiger partial charge in [0, 0.05) is 101 Å². The maximum absolute atomic E-state index is 14.2. The zero-order valence-corrected chi connectivity index (χ0v) is 49.8. The average Bonchev–Trinajstić information content (AvgIpc) is 4.31. The number of aliphatic hydroxyl groups excluding tert-OH is 1. The van der Waals surface area contributed by atoms with Gasteiger partial charge in [0.25, 0.3) is 0 Å². The molecule has 23 heteroatoms. The lowest BCUT2D eigenvalue weighted by Gasteiger charge is -2.45. The first-order valence-corrected chi connectivity index (χ1v) is 33.7. The van der Waals surface area contributed by atoms with E-state index >= 15 is 0 Å². The van der Waals surface area contributed by atoms with Crippen LogP contribution in [0.3, 0.4) is 0 Å². The first kappa shape index (κ1) is 61.3. The second kappa shape index (κ2) is 28.0. The third-order valence-electron chi connectivity index (χ3n) is 18.7. The highest BCUT2D eigenvalue weighted by Gasteiger charge is 2.45. The third-order valence-corrected chi connectivity index (χ3v) is 22.6. The number of sulfonamides is 1. The Morgan fingerprint density at radius 1 is 0.756 bits per heavy atom. The van der Waals surface area contributed by atoms with Gasteiger partial charge in [-0.25, -0.2) is 12.7 Å². The van der Waals surface area contributed by atoms with Gasteiger partial charge in [-0.1, -0.05) is 40.0 Å². The Morgan fingerprint density at radius 3 is 2.19 bits per heavy atom. The molecule has 0 radical (unpaired) electrons. The van der Waals surface area contributed by atoms with E-state index in [0.717, 1.165) is 76.0 Å². The van der Waals surface area contributed by atoms with Crippen molar-refractivity contribution >= 4 is 69.0 Å². The molecule has 6 saturated heterocycles. The summed E-state index contributed by atoms with van der Waals surface area (Å²) in [6.45, 7) is 13.0. The Labute approximate surface area is 473 Å². The van der Waals surface area contributed by atoms with Crippen molar-refractivity contribution in [1.82, 2.24) is 56.2 Å². The summed E-state index contributed by atoms with van der Waals surface area (Å²) in [6, 6.07) is -0.803. The second-order valence-electron chi connectivity index (χ2n) is 25.4.